The average molecular weight is 164 g/mol. The lowest BCUT2D eigenvalue weighted by Gasteiger charge is -2.16. The summed E-state index contributed by atoms with van der Waals surface area (Å²) in [4.78, 5) is 10.2. The van der Waals surface area contributed by atoms with Crippen molar-refractivity contribution in [3.8, 4) is 0 Å². The zero-order valence-corrected chi connectivity index (χ0v) is 7.99. The largest absolute Gasteiger partial charge is 0.328 e. The molecule has 0 saturated heterocycles. The monoisotopic (exact) mass is 164 g/mol. The minimum absolute atomic E-state index is 0.0323. The van der Waals surface area contributed by atoms with E-state index in [9.17, 15) is 4.79 Å². The third kappa shape index (κ3) is 1.29. The number of carbonyl (C=O) groups excluding carboxylic acids is 1. The van der Waals surface area contributed by atoms with Gasteiger partial charge in [-0.1, -0.05) is 19.4 Å². The van der Waals surface area contributed by atoms with E-state index >= 15 is 0 Å². The second kappa shape index (κ2) is 2.77. The molecule has 0 aliphatic heterocycles. The van der Waals surface area contributed by atoms with Crippen molar-refractivity contribution in [3.63, 3.8) is 0 Å². The number of hydrogen-bond donors (Lipinski definition) is 1. The summed E-state index contributed by atoms with van der Waals surface area (Å²) in [5, 5.41) is 2.65. The number of hydrogen-bond acceptors (Lipinski definition) is 1. The van der Waals surface area contributed by atoms with Crippen LogP contribution in [-0.4, -0.2) is 6.41 Å². The van der Waals surface area contributed by atoms with Crippen LogP contribution in [0.1, 0.15) is 27.7 Å². The summed E-state index contributed by atoms with van der Waals surface area (Å²) in [6.45, 7) is 8.25. The lowest BCUT2D eigenvalue weighted by Crippen LogP contribution is -2.10. The summed E-state index contributed by atoms with van der Waals surface area (Å²) >= 11 is 0. The predicted octanol–water partition coefficient (Wildman–Crippen LogP) is 1.80. The molecule has 0 fully saturated rings. The zero-order valence-electron chi connectivity index (χ0n) is 7.99. The van der Waals surface area contributed by atoms with Gasteiger partial charge in [-0.15, -0.1) is 0 Å². The molecule has 0 atom stereocenters. The molecule has 1 aliphatic carbocycles. The van der Waals surface area contributed by atoms with E-state index < -0.39 is 0 Å². The molecule has 1 amide bonds. The van der Waals surface area contributed by atoms with Crippen molar-refractivity contribution in [2.45, 2.75) is 27.7 Å². The molecule has 2 nitrogen and oxygen atoms in total. The van der Waals surface area contributed by atoms with E-state index in [1.807, 2.05) is 6.92 Å². The van der Waals surface area contributed by atoms with E-state index in [4.69, 9.17) is 0 Å². The van der Waals surface area contributed by atoms with E-state index in [1.54, 1.807) is 0 Å². The van der Waals surface area contributed by atoms with Crippen molar-refractivity contribution < 1.29 is 4.79 Å². The Bertz CT molecular complexity index is 272. The first-order valence-electron chi connectivity index (χ1n) is 4.02. The summed E-state index contributed by atoms with van der Waals surface area (Å²) in [6, 6.07) is 0. The molecule has 1 radical (unpaired) electrons. The van der Waals surface area contributed by atoms with Gasteiger partial charge in [0.05, 0.1) is 0 Å². The van der Waals surface area contributed by atoms with E-state index in [1.165, 1.54) is 5.57 Å². The van der Waals surface area contributed by atoms with E-state index in [2.05, 4.69) is 32.2 Å². The minimum Gasteiger partial charge on any atom is -0.328 e. The van der Waals surface area contributed by atoms with E-state index in [0.717, 1.165) is 11.3 Å². The van der Waals surface area contributed by atoms with Crippen LogP contribution in [0.4, 0.5) is 0 Å². The normalized spacial score (nSPS) is 20.8. The topological polar surface area (TPSA) is 29.1 Å². The summed E-state index contributed by atoms with van der Waals surface area (Å²) in [6.07, 6.45) is 3.93. The fourth-order valence-corrected chi connectivity index (χ4v) is 1.36. The minimum atomic E-state index is -0.0323. The van der Waals surface area contributed by atoms with Gasteiger partial charge in [0.15, 0.2) is 0 Å². The molecular formula is C10H14NO. The van der Waals surface area contributed by atoms with Gasteiger partial charge >= 0.3 is 0 Å². The molecule has 1 aliphatic rings. The fourth-order valence-electron chi connectivity index (χ4n) is 1.36. The third-order valence-electron chi connectivity index (χ3n) is 2.52. The van der Waals surface area contributed by atoms with Crippen LogP contribution in [0, 0.1) is 11.5 Å². The summed E-state index contributed by atoms with van der Waals surface area (Å²) in [5.41, 5.74) is 3.20. The van der Waals surface area contributed by atoms with Crippen LogP contribution >= 0.6 is 0 Å². The van der Waals surface area contributed by atoms with Crippen molar-refractivity contribution in [2.75, 3.05) is 0 Å². The molecule has 0 aromatic carbocycles. The second-order valence-electron chi connectivity index (χ2n) is 3.64. The van der Waals surface area contributed by atoms with Crippen molar-refractivity contribution in [1.29, 1.82) is 0 Å². The van der Waals surface area contributed by atoms with Crippen molar-refractivity contribution in [3.05, 3.63) is 22.9 Å². The molecule has 0 heterocycles. The molecule has 1 N–H and O–H groups in total. The Balaban J connectivity index is 3.01. The highest BCUT2D eigenvalue weighted by Crippen LogP contribution is 2.37. The standard InChI is InChI=1S/C10H14NO/c1-7-8(2)10(3,4)5-9(7)11-6-12/h6H,1-4H3,(H,11,12). The van der Waals surface area contributed by atoms with Crippen LogP contribution in [0.5, 0.6) is 0 Å². The molecule has 65 valence electrons. The fraction of sp³-hybridized carbons (Fsp3) is 0.500. The first-order chi connectivity index (χ1) is 5.49. The van der Waals surface area contributed by atoms with Crippen LogP contribution in [0.25, 0.3) is 0 Å². The van der Waals surface area contributed by atoms with Crippen molar-refractivity contribution in [2.24, 2.45) is 5.41 Å². The Morgan fingerprint density at radius 1 is 1.42 bits per heavy atom. The van der Waals surface area contributed by atoms with Crippen molar-refractivity contribution in [1.82, 2.24) is 5.32 Å². The lowest BCUT2D eigenvalue weighted by atomic mass is 9.88. The maximum atomic E-state index is 10.2. The first-order valence-corrected chi connectivity index (χ1v) is 4.02. The van der Waals surface area contributed by atoms with Gasteiger partial charge in [0.2, 0.25) is 6.41 Å². The van der Waals surface area contributed by atoms with E-state index in [-0.39, 0.29) is 5.41 Å². The molecule has 0 spiro atoms. The van der Waals surface area contributed by atoms with Crippen LogP contribution in [0.3, 0.4) is 0 Å². The van der Waals surface area contributed by atoms with Gasteiger partial charge in [-0.2, -0.15) is 0 Å². The Labute approximate surface area is 73.4 Å². The number of nitrogens with one attached hydrogen (secondary N) is 1. The van der Waals surface area contributed by atoms with Gasteiger partial charge in [0.25, 0.3) is 0 Å². The van der Waals surface area contributed by atoms with Gasteiger partial charge in [0.1, 0.15) is 0 Å². The van der Waals surface area contributed by atoms with Crippen LogP contribution < -0.4 is 5.32 Å². The number of rotatable bonds is 2. The molecule has 0 unspecified atom stereocenters. The maximum absolute atomic E-state index is 10.2. The summed E-state index contributed by atoms with van der Waals surface area (Å²) in [5.74, 6) is 0. The highest BCUT2D eigenvalue weighted by molar-refractivity contribution is 5.56. The second-order valence-corrected chi connectivity index (χ2v) is 3.64. The molecule has 12 heavy (non-hydrogen) atoms. The van der Waals surface area contributed by atoms with Crippen LogP contribution in [-0.2, 0) is 4.79 Å². The van der Waals surface area contributed by atoms with Gasteiger partial charge in [-0.25, -0.2) is 0 Å². The molecule has 0 bridgehead atoms. The molecular weight excluding hydrogens is 150 g/mol. The van der Waals surface area contributed by atoms with E-state index in [0.29, 0.717) is 6.41 Å². The maximum Gasteiger partial charge on any atom is 0.211 e. The Hall–Kier alpha value is -1.05. The highest BCUT2D eigenvalue weighted by Gasteiger charge is 2.27. The van der Waals surface area contributed by atoms with Gasteiger partial charge in [-0.3, -0.25) is 4.79 Å². The predicted molar refractivity (Wildman–Crippen MR) is 48.1 cm³/mol. The third-order valence-corrected chi connectivity index (χ3v) is 2.52. The molecule has 0 saturated carbocycles. The first kappa shape index (κ1) is 9.04. The molecule has 0 aromatic heterocycles. The lowest BCUT2D eigenvalue weighted by molar-refractivity contribution is -0.108. The number of allylic oxidation sites excluding steroid dienone is 3. The molecule has 0 aromatic rings. The van der Waals surface area contributed by atoms with Gasteiger partial charge < -0.3 is 5.32 Å². The summed E-state index contributed by atoms with van der Waals surface area (Å²) in [7, 11) is 0. The zero-order chi connectivity index (χ0) is 9.35. The number of amides is 1. The van der Waals surface area contributed by atoms with Crippen molar-refractivity contribution >= 4 is 6.41 Å². The SMILES string of the molecule is CC1=C(C)C(C)(C)[C]=C1NC=O. The van der Waals surface area contributed by atoms with Crippen LogP contribution in [0.15, 0.2) is 16.8 Å². The average Bonchev–Trinajstić information content (AvgIpc) is 2.16. The van der Waals surface area contributed by atoms with Crippen LogP contribution in [0.2, 0.25) is 0 Å². The number of carbonyl (C=O) groups is 1. The molecule has 1 rings (SSSR count). The van der Waals surface area contributed by atoms with Gasteiger partial charge in [-0.05, 0) is 25.5 Å². The molecule has 2 heteroatoms. The summed E-state index contributed by atoms with van der Waals surface area (Å²) < 4.78 is 0. The van der Waals surface area contributed by atoms with Gasteiger partial charge in [0, 0.05) is 11.1 Å². The highest BCUT2D eigenvalue weighted by atomic mass is 16.1. The quantitative estimate of drug-likeness (QED) is 0.619. The Morgan fingerprint density at radius 3 is 2.33 bits per heavy atom. The Morgan fingerprint density at radius 2 is 2.00 bits per heavy atom. The Kier molecular flexibility index (Phi) is 2.09. The smallest absolute Gasteiger partial charge is 0.211 e.